The summed E-state index contributed by atoms with van der Waals surface area (Å²) >= 11 is 0. The molecule has 0 aromatic carbocycles. The molecular weight excluding hydrogens is 500 g/mol. The molecule has 2 aromatic rings. The van der Waals surface area contributed by atoms with Crippen LogP contribution in [0.3, 0.4) is 0 Å². The van der Waals surface area contributed by atoms with Crippen LogP contribution < -0.4 is 10.9 Å². The van der Waals surface area contributed by atoms with E-state index in [0.29, 0.717) is 18.0 Å². The maximum absolute atomic E-state index is 13.3. The van der Waals surface area contributed by atoms with Crippen LogP contribution in [0.15, 0.2) is 35.5 Å². The molecule has 1 amide bonds. The van der Waals surface area contributed by atoms with E-state index in [0.717, 1.165) is 36.3 Å². The molecule has 0 radical (unpaired) electrons. The lowest BCUT2D eigenvalue weighted by Crippen LogP contribution is -2.35. The number of nitrogens with zero attached hydrogens (tertiary/aromatic N) is 3. The van der Waals surface area contributed by atoms with Gasteiger partial charge in [-0.3, -0.25) is 19.1 Å². The van der Waals surface area contributed by atoms with Gasteiger partial charge in [0.15, 0.2) is 5.82 Å². The second kappa shape index (κ2) is 12.1. The van der Waals surface area contributed by atoms with Crippen molar-refractivity contribution in [3.63, 3.8) is 0 Å². The highest BCUT2D eigenvalue weighted by atomic mass is 31.2. The number of rotatable bonds is 11. The molecule has 0 saturated heterocycles. The summed E-state index contributed by atoms with van der Waals surface area (Å²) in [7, 11) is -3.40. The lowest BCUT2D eigenvalue weighted by atomic mass is 9.97. The molecular formula is C23H30F3N4O5P. The largest absolute Gasteiger partial charge is 0.417 e. The molecule has 2 heterocycles. The van der Waals surface area contributed by atoms with Gasteiger partial charge in [-0.2, -0.15) is 13.2 Å². The highest BCUT2D eigenvalue weighted by Crippen LogP contribution is 2.50. The number of nitrogens with one attached hydrogen (secondary N) is 1. The van der Waals surface area contributed by atoms with E-state index in [1.54, 1.807) is 13.8 Å². The Bertz CT molecular complexity index is 1120. The van der Waals surface area contributed by atoms with Crippen LogP contribution in [0, 0.1) is 5.92 Å². The normalized spacial score (nSPS) is 15.7. The van der Waals surface area contributed by atoms with Crippen LogP contribution in [-0.4, -0.2) is 33.7 Å². The predicted octanol–water partition coefficient (Wildman–Crippen LogP) is 5.18. The minimum atomic E-state index is -4.66. The number of carbonyl (C=O) groups is 1. The third kappa shape index (κ3) is 7.47. The van der Waals surface area contributed by atoms with E-state index >= 15 is 0 Å². The van der Waals surface area contributed by atoms with Gasteiger partial charge in [0.2, 0.25) is 5.91 Å². The van der Waals surface area contributed by atoms with Gasteiger partial charge in [0.25, 0.3) is 5.56 Å². The van der Waals surface area contributed by atoms with Crippen LogP contribution in [0.1, 0.15) is 63.3 Å². The Morgan fingerprint density at radius 2 is 1.83 bits per heavy atom. The van der Waals surface area contributed by atoms with Crippen molar-refractivity contribution in [3.05, 3.63) is 52.3 Å². The van der Waals surface area contributed by atoms with Crippen molar-refractivity contribution >= 4 is 19.3 Å². The fourth-order valence-corrected chi connectivity index (χ4v) is 5.86. The summed E-state index contributed by atoms with van der Waals surface area (Å²) < 4.78 is 63.9. The van der Waals surface area contributed by atoms with Gasteiger partial charge in [-0.25, -0.2) is 4.98 Å². The Balaban J connectivity index is 1.82. The topological polar surface area (TPSA) is 112 Å². The molecule has 0 aliphatic heterocycles. The van der Waals surface area contributed by atoms with Crippen LogP contribution in [0.4, 0.5) is 19.0 Å². The summed E-state index contributed by atoms with van der Waals surface area (Å²) in [6.07, 6.45) is 2.32. The van der Waals surface area contributed by atoms with Crippen molar-refractivity contribution < 1.29 is 31.6 Å². The van der Waals surface area contributed by atoms with Gasteiger partial charge < -0.3 is 18.9 Å². The van der Waals surface area contributed by atoms with E-state index in [1.807, 2.05) is 0 Å². The number of hydrogen-bond acceptors (Lipinski definition) is 7. The van der Waals surface area contributed by atoms with Crippen molar-refractivity contribution in [2.75, 3.05) is 18.5 Å². The van der Waals surface area contributed by atoms with E-state index < -0.39 is 36.8 Å². The van der Waals surface area contributed by atoms with E-state index in [1.165, 1.54) is 12.4 Å². The van der Waals surface area contributed by atoms with E-state index in [9.17, 15) is 27.3 Å². The molecule has 1 aliphatic rings. The highest BCUT2D eigenvalue weighted by Gasteiger charge is 2.34. The van der Waals surface area contributed by atoms with Crippen molar-refractivity contribution in [2.45, 2.75) is 64.3 Å². The number of aromatic nitrogens is 3. The quantitative estimate of drug-likeness (QED) is 0.398. The van der Waals surface area contributed by atoms with Crippen LogP contribution >= 0.6 is 7.60 Å². The Hall–Kier alpha value is -2.56. The summed E-state index contributed by atoms with van der Waals surface area (Å²) in [5.74, 6) is -0.510. The second-order valence-electron chi connectivity index (χ2n) is 8.55. The Kier molecular flexibility index (Phi) is 9.43. The summed E-state index contributed by atoms with van der Waals surface area (Å²) in [5.41, 5.74) is -1.40. The number of hydrogen-bond donors (Lipinski definition) is 1. The van der Waals surface area contributed by atoms with Gasteiger partial charge >= 0.3 is 13.8 Å². The molecule has 3 rings (SSSR count). The van der Waals surface area contributed by atoms with Gasteiger partial charge in [-0.1, -0.05) is 25.7 Å². The number of alkyl halides is 3. The van der Waals surface area contributed by atoms with Crippen molar-refractivity contribution in [3.8, 4) is 0 Å². The van der Waals surface area contributed by atoms with Gasteiger partial charge in [-0.05, 0) is 32.3 Å². The van der Waals surface area contributed by atoms with Crippen LogP contribution in [-0.2, 0) is 30.7 Å². The van der Waals surface area contributed by atoms with Crippen LogP contribution in [0.25, 0.3) is 0 Å². The molecule has 1 atom stereocenters. The molecule has 0 unspecified atom stereocenters. The molecule has 2 aromatic heterocycles. The Labute approximate surface area is 207 Å². The Morgan fingerprint density at radius 3 is 2.39 bits per heavy atom. The zero-order valence-electron chi connectivity index (χ0n) is 20.2. The standard InChI is InChI=1S/C23H30F3N4O5P/c1-3-34-36(33,35-4-2)15-18-12-28-20(13-27-18)29-22(32)19(11-16-7-5-6-8-16)30-14-17(23(24,25)26)9-10-21(30)31/h9-10,12-14,16,19H,3-8,11,15H2,1-2H3,(H,28,29,32)/t19-/m0/s1. The molecule has 198 valence electrons. The molecule has 13 heteroatoms. The fourth-order valence-electron chi connectivity index (χ4n) is 4.25. The maximum Gasteiger partial charge on any atom is 0.417 e. The molecule has 0 spiro atoms. The number of amides is 1. The number of pyridine rings is 1. The summed E-state index contributed by atoms with van der Waals surface area (Å²) in [5, 5.41) is 2.56. The zero-order valence-corrected chi connectivity index (χ0v) is 21.1. The minimum absolute atomic E-state index is 0.0443. The van der Waals surface area contributed by atoms with Gasteiger partial charge in [0, 0.05) is 12.3 Å². The van der Waals surface area contributed by atoms with Crippen LogP contribution in [0.5, 0.6) is 0 Å². The minimum Gasteiger partial charge on any atom is -0.309 e. The first-order valence-electron chi connectivity index (χ1n) is 11.8. The lowest BCUT2D eigenvalue weighted by molar-refractivity contribution is -0.138. The molecule has 1 N–H and O–H groups in total. The van der Waals surface area contributed by atoms with Crippen LogP contribution in [0.2, 0.25) is 0 Å². The number of carbonyl (C=O) groups excluding carboxylic acids is 1. The second-order valence-corrected chi connectivity index (χ2v) is 10.6. The summed E-state index contributed by atoms with van der Waals surface area (Å²) in [6, 6.07) is 0.374. The van der Waals surface area contributed by atoms with E-state index in [4.69, 9.17) is 9.05 Å². The first kappa shape index (κ1) is 28.0. The first-order chi connectivity index (χ1) is 17.0. The van der Waals surface area contributed by atoms with Gasteiger partial charge in [-0.15, -0.1) is 0 Å². The molecule has 1 aliphatic carbocycles. The highest BCUT2D eigenvalue weighted by molar-refractivity contribution is 7.53. The first-order valence-corrected chi connectivity index (χ1v) is 13.6. The smallest absolute Gasteiger partial charge is 0.309 e. The molecule has 9 nitrogen and oxygen atoms in total. The van der Waals surface area contributed by atoms with Gasteiger partial charge in [0.05, 0.1) is 43.0 Å². The third-order valence-corrected chi connectivity index (χ3v) is 7.91. The maximum atomic E-state index is 13.3. The number of anilines is 1. The molecule has 1 fully saturated rings. The lowest BCUT2D eigenvalue weighted by Gasteiger charge is -2.23. The number of halogens is 3. The summed E-state index contributed by atoms with van der Waals surface area (Å²) in [4.78, 5) is 34.0. The van der Waals surface area contributed by atoms with Crippen molar-refractivity contribution in [1.82, 2.24) is 14.5 Å². The van der Waals surface area contributed by atoms with Crippen molar-refractivity contribution in [1.29, 1.82) is 0 Å². The third-order valence-electron chi connectivity index (χ3n) is 5.90. The fraction of sp³-hybridized carbons (Fsp3) is 0.565. The predicted molar refractivity (Wildman–Crippen MR) is 127 cm³/mol. The average Bonchev–Trinajstić information content (AvgIpc) is 3.32. The van der Waals surface area contributed by atoms with E-state index in [-0.39, 0.29) is 37.5 Å². The Morgan fingerprint density at radius 1 is 1.17 bits per heavy atom. The molecule has 0 bridgehead atoms. The van der Waals surface area contributed by atoms with E-state index in [2.05, 4.69) is 15.3 Å². The van der Waals surface area contributed by atoms with Crippen molar-refractivity contribution in [2.24, 2.45) is 5.92 Å². The zero-order chi connectivity index (χ0) is 26.3. The molecule has 1 saturated carbocycles. The SMILES string of the molecule is CCOP(=O)(Cc1cnc(NC(=O)[C@H](CC2CCCC2)n2cc(C(F)(F)F)ccc2=O)cn1)OCC. The molecule has 36 heavy (non-hydrogen) atoms. The average molecular weight is 530 g/mol. The monoisotopic (exact) mass is 530 g/mol. The van der Waals surface area contributed by atoms with Gasteiger partial charge in [0.1, 0.15) is 6.04 Å². The summed E-state index contributed by atoms with van der Waals surface area (Å²) in [6.45, 7) is 3.76.